The van der Waals surface area contributed by atoms with Gasteiger partial charge in [0, 0.05) is 36.1 Å². The van der Waals surface area contributed by atoms with Gasteiger partial charge in [0.2, 0.25) is 21.8 Å². The van der Waals surface area contributed by atoms with Crippen LogP contribution in [0.5, 0.6) is 0 Å². The van der Waals surface area contributed by atoms with E-state index < -0.39 is 56.7 Å². The fourth-order valence-electron chi connectivity index (χ4n) is 6.61. The molecule has 3 aliphatic carbocycles. The summed E-state index contributed by atoms with van der Waals surface area (Å²) in [5, 5.41) is 7.78. The molecule has 0 spiro atoms. The first kappa shape index (κ1) is 33.1. The summed E-state index contributed by atoms with van der Waals surface area (Å²) in [5.41, 5.74) is 1.67. The van der Waals surface area contributed by atoms with Crippen molar-refractivity contribution in [1.82, 2.24) is 19.9 Å². The molecule has 47 heavy (non-hydrogen) atoms. The smallest absolute Gasteiger partial charge is 0.411 e. The first-order chi connectivity index (χ1) is 22.4. The zero-order valence-corrected chi connectivity index (χ0v) is 28.4. The van der Waals surface area contributed by atoms with Crippen LogP contribution in [-0.4, -0.2) is 72.6 Å². The van der Waals surface area contributed by atoms with Crippen LogP contribution in [0.1, 0.15) is 62.6 Å². The molecule has 2 aromatic rings. The lowest BCUT2D eigenvalue weighted by molar-refractivity contribution is -0.140. The number of aromatic nitrogens is 1. The fraction of sp³-hybridized carbons (Fsp3) is 0.545. The number of anilines is 1. The second kappa shape index (κ2) is 13.0. The minimum absolute atomic E-state index is 0.0778. The SMILES string of the molecule is Cc1ccc(-c2nc(C)cs2)c(NC(=O)OC2CC3C(=O)NC4(C(=O)NS(=O)(=O)C5CC5)CC4/C=C/CCCCN(C)C(=O)C3C2)c1. The highest BCUT2D eigenvalue weighted by Crippen LogP contribution is 2.47. The van der Waals surface area contributed by atoms with Gasteiger partial charge in [0.25, 0.3) is 5.91 Å². The van der Waals surface area contributed by atoms with E-state index in [9.17, 15) is 27.6 Å². The number of amides is 4. The number of carbonyl (C=O) groups excluding carboxylic acids is 4. The summed E-state index contributed by atoms with van der Waals surface area (Å²) in [7, 11) is -2.13. The summed E-state index contributed by atoms with van der Waals surface area (Å²) in [6, 6.07) is 5.66. The van der Waals surface area contributed by atoms with Crippen LogP contribution >= 0.6 is 11.3 Å². The molecular weight excluding hydrogens is 643 g/mol. The normalized spacial score (nSPS) is 28.7. The Bertz CT molecular complexity index is 1720. The lowest BCUT2D eigenvalue weighted by Crippen LogP contribution is -2.54. The first-order valence-corrected chi connectivity index (χ1v) is 18.6. The summed E-state index contributed by atoms with van der Waals surface area (Å²) in [6.45, 7) is 4.33. The van der Waals surface area contributed by atoms with Crippen LogP contribution in [-0.2, 0) is 29.1 Å². The van der Waals surface area contributed by atoms with Crippen molar-refractivity contribution >= 4 is 50.9 Å². The van der Waals surface area contributed by atoms with Gasteiger partial charge in [-0.15, -0.1) is 11.3 Å². The van der Waals surface area contributed by atoms with E-state index in [2.05, 4.69) is 20.3 Å². The van der Waals surface area contributed by atoms with Crippen molar-refractivity contribution in [2.24, 2.45) is 17.8 Å². The molecule has 4 aliphatic rings. The molecule has 1 aromatic heterocycles. The number of carbonyl (C=O) groups is 4. The average molecular weight is 684 g/mol. The largest absolute Gasteiger partial charge is 0.446 e. The molecule has 3 saturated carbocycles. The summed E-state index contributed by atoms with van der Waals surface area (Å²) in [6.07, 6.45) is 6.14. The van der Waals surface area contributed by atoms with Gasteiger partial charge in [0.1, 0.15) is 16.7 Å². The van der Waals surface area contributed by atoms with Gasteiger partial charge in [-0.3, -0.25) is 24.4 Å². The maximum absolute atomic E-state index is 13.9. The third-order valence-corrected chi connectivity index (χ3v) is 12.3. The Labute approximate surface area is 278 Å². The molecule has 4 amide bonds. The summed E-state index contributed by atoms with van der Waals surface area (Å²) in [4.78, 5) is 60.5. The van der Waals surface area contributed by atoms with Crippen LogP contribution in [0.4, 0.5) is 10.5 Å². The van der Waals surface area contributed by atoms with Crippen LogP contribution in [0, 0.1) is 31.6 Å². The van der Waals surface area contributed by atoms with Crippen LogP contribution in [0.15, 0.2) is 35.7 Å². The van der Waals surface area contributed by atoms with Gasteiger partial charge >= 0.3 is 6.09 Å². The Morgan fingerprint density at radius 1 is 1.13 bits per heavy atom. The lowest BCUT2D eigenvalue weighted by atomic mass is 9.93. The van der Waals surface area contributed by atoms with Crippen molar-refractivity contribution in [3.05, 3.63) is 47.0 Å². The maximum atomic E-state index is 13.9. The summed E-state index contributed by atoms with van der Waals surface area (Å²) >= 11 is 1.47. The number of sulfonamides is 1. The zero-order valence-electron chi connectivity index (χ0n) is 26.8. The molecule has 1 aliphatic heterocycles. The Morgan fingerprint density at radius 2 is 1.89 bits per heavy atom. The maximum Gasteiger partial charge on any atom is 0.411 e. The van der Waals surface area contributed by atoms with Crippen LogP contribution in [0.2, 0.25) is 0 Å². The molecule has 0 bridgehead atoms. The monoisotopic (exact) mass is 683 g/mol. The molecule has 2 heterocycles. The Hall–Kier alpha value is -3.78. The molecule has 5 unspecified atom stereocenters. The van der Waals surface area contributed by atoms with E-state index in [0.29, 0.717) is 25.1 Å². The lowest BCUT2D eigenvalue weighted by Gasteiger charge is -2.26. The minimum Gasteiger partial charge on any atom is -0.446 e. The number of aryl methyl sites for hydroxylation is 2. The Kier molecular flexibility index (Phi) is 9.18. The molecule has 14 heteroatoms. The number of ether oxygens (including phenoxy) is 1. The average Bonchev–Trinajstić information content (AvgIpc) is 3.90. The molecule has 6 rings (SSSR count). The van der Waals surface area contributed by atoms with E-state index in [1.165, 1.54) is 11.3 Å². The molecule has 0 radical (unpaired) electrons. The molecule has 3 N–H and O–H groups in total. The number of hydrogen-bond donors (Lipinski definition) is 3. The number of nitrogens with one attached hydrogen (secondary N) is 3. The Morgan fingerprint density at radius 3 is 2.62 bits per heavy atom. The zero-order chi connectivity index (χ0) is 33.5. The summed E-state index contributed by atoms with van der Waals surface area (Å²) < 4.78 is 33.3. The number of allylic oxidation sites excluding steroid dienone is 1. The van der Waals surface area contributed by atoms with E-state index in [0.717, 1.165) is 41.1 Å². The molecule has 1 aromatic carbocycles. The number of thiazole rings is 1. The highest BCUT2D eigenvalue weighted by molar-refractivity contribution is 7.91. The molecule has 3 fully saturated rings. The molecule has 12 nitrogen and oxygen atoms in total. The topological polar surface area (TPSA) is 164 Å². The van der Waals surface area contributed by atoms with Crippen molar-refractivity contribution < 1.29 is 32.3 Å². The van der Waals surface area contributed by atoms with Gasteiger partial charge in [-0.2, -0.15) is 0 Å². The summed E-state index contributed by atoms with van der Waals surface area (Å²) in [5.74, 6) is -3.55. The molecule has 0 saturated heterocycles. The fourth-order valence-corrected chi connectivity index (χ4v) is 8.81. The first-order valence-electron chi connectivity index (χ1n) is 16.2. The number of nitrogens with zero attached hydrogens (tertiary/aromatic N) is 2. The predicted octanol–water partition coefficient (Wildman–Crippen LogP) is 4.05. The van der Waals surface area contributed by atoms with Gasteiger partial charge < -0.3 is 15.0 Å². The number of rotatable bonds is 6. The number of fused-ring (bicyclic) bond motifs is 2. The predicted molar refractivity (Wildman–Crippen MR) is 177 cm³/mol. The van der Waals surface area contributed by atoms with Crippen molar-refractivity contribution in [2.75, 3.05) is 18.9 Å². The van der Waals surface area contributed by atoms with E-state index in [1.807, 2.05) is 49.6 Å². The second-order valence-corrected chi connectivity index (χ2v) is 16.1. The molecule has 5 atom stereocenters. The van der Waals surface area contributed by atoms with E-state index >= 15 is 0 Å². The molecule has 252 valence electrons. The van der Waals surface area contributed by atoms with Crippen molar-refractivity contribution in [3.63, 3.8) is 0 Å². The molecular formula is C33H41N5O7S2. The number of hydrogen-bond acceptors (Lipinski definition) is 9. The van der Waals surface area contributed by atoms with Crippen LogP contribution < -0.4 is 15.4 Å². The Balaban J connectivity index is 1.20. The van der Waals surface area contributed by atoms with Crippen molar-refractivity contribution in [1.29, 1.82) is 0 Å². The van der Waals surface area contributed by atoms with Gasteiger partial charge in [0.05, 0.1) is 22.8 Å². The second-order valence-electron chi connectivity index (χ2n) is 13.3. The van der Waals surface area contributed by atoms with Gasteiger partial charge in [-0.05, 0) is 82.9 Å². The quantitative estimate of drug-likeness (QED) is 0.384. The van der Waals surface area contributed by atoms with E-state index in [4.69, 9.17) is 4.74 Å². The highest BCUT2D eigenvalue weighted by Gasteiger charge is 2.62. The highest BCUT2D eigenvalue weighted by atomic mass is 32.2. The van der Waals surface area contributed by atoms with Crippen molar-refractivity contribution in [3.8, 4) is 10.6 Å². The van der Waals surface area contributed by atoms with E-state index in [1.54, 1.807) is 11.9 Å². The third kappa shape index (κ3) is 7.23. The third-order valence-electron chi connectivity index (χ3n) is 9.53. The van der Waals surface area contributed by atoms with Gasteiger partial charge in [-0.25, -0.2) is 18.2 Å². The van der Waals surface area contributed by atoms with Crippen molar-refractivity contribution in [2.45, 2.75) is 82.1 Å². The minimum atomic E-state index is -3.83. The standard InChI is InChI=1S/C33H41N5O7S2/c1-19-9-12-24(29-34-20(2)18-46-29)27(14-19)35-32(42)45-22-15-25-26(16-22)30(40)38(3)13-7-5-4-6-8-21-17-33(21,36-28(25)39)31(41)37-47(43,44)23-10-11-23/h6,8-9,12,14,18,21-23,25-26H,4-5,7,10-11,13,15-17H2,1-3H3,(H,35,42)(H,36,39)(H,37,41)/b8-6+. The van der Waals surface area contributed by atoms with E-state index in [-0.39, 0.29) is 31.1 Å². The van der Waals surface area contributed by atoms with Crippen LogP contribution in [0.25, 0.3) is 10.6 Å². The van der Waals surface area contributed by atoms with Gasteiger partial charge in [-0.1, -0.05) is 18.2 Å². The van der Waals surface area contributed by atoms with Crippen LogP contribution in [0.3, 0.4) is 0 Å². The number of benzene rings is 1. The van der Waals surface area contributed by atoms with Gasteiger partial charge in [0.15, 0.2) is 0 Å².